The first-order valence-corrected chi connectivity index (χ1v) is 9.38. The number of hydrogen-bond acceptors (Lipinski definition) is 3. The Kier molecular flexibility index (Phi) is 4.33. The maximum absolute atomic E-state index is 13.1. The van der Waals surface area contributed by atoms with Gasteiger partial charge in [-0.25, -0.2) is 8.42 Å². The molecule has 0 spiro atoms. The van der Waals surface area contributed by atoms with Gasteiger partial charge in [0.1, 0.15) is 0 Å². The fraction of sp³-hybridized carbons (Fsp3) is 0.625. The number of benzene rings is 1. The van der Waals surface area contributed by atoms with E-state index in [2.05, 4.69) is 0 Å². The number of nitrogens with zero attached hydrogens (tertiary/aromatic N) is 1. The summed E-state index contributed by atoms with van der Waals surface area (Å²) in [5.74, 6) is 0.548. The maximum atomic E-state index is 13.1. The molecule has 2 aliphatic rings. The molecule has 1 aromatic carbocycles. The lowest BCUT2D eigenvalue weighted by Crippen LogP contribution is -2.39. The first kappa shape index (κ1) is 15.0. The van der Waals surface area contributed by atoms with E-state index < -0.39 is 10.0 Å². The minimum Gasteiger partial charge on any atom is -0.326 e. The highest BCUT2D eigenvalue weighted by Gasteiger charge is 2.40. The van der Waals surface area contributed by atoms with Gasteiger partial charge in [0.15, 0.2) is 0 Å². The van der Waals surface area contributed by atoms with Crippen molar-refractivity contribution in [2.24, 2.45) is 11.7 Å². The molecule has 21 heavy (non-hydrogen) atoms. The van der Waals surface area contributed by atoms with E-state index in [0.717, 1.165) is 18.4 Å². The van der Waals surface area contributed by atoms with Crippen molar-refractivity contribution >= 4 is 10.0 Å². The standard InChI is InChI=1S/C16H24N2O2S/c17-12-14-8-3-4-10-16(14)21(19,20)18-11-5-9-15(18)13-6-1-2-7-13/h3-4,8,10,13,15H,1-2,5-7,9,11-12,17H2. The van der Waals surface area contributed by atoms with Crippen molar-refractivity contribution in [3.63, 3.8) is 0 Å². The van der Waals surface area contributed by atoms with Crippen molar-refractivity contribution in [3.05, 3.63) is 29.8 Å². The van der Waals surface area contributed by atoms with Gasteiger partial charge in [0.05, 0.1) is 4.90 Å². The van der Waals surface area contributed by atoms with E-state index in [4.69, 9.17) is 5.73 Å². The minimum atomic E-state index is -3.41. The van der Waals surface area contributed by atoms with Crippen molar-refractivity contribution in [2.45, 2.75) is 56.0 Å². The molecule has 0 aromatic heterocycles. The summed E-state index contributed by atoms with van der Waals surface area (Å²) < 4.78 is 27.9. The maximum Gasteiger partial charge on any atom is 0.243 e. The summed E-state index contributed by atoms with van der Waals surface area (Å²) in [6, 6.07) is 7.34. The van der Waals surface area contributed by atoms with Crippen molar-refractivity contribution < 1.29 is 8.42 Å². The zero-order chi connectivity index (χ0) is 14.9. The van der Waals surface area contributed by atoms with Gasteiger partial charge in [-0.05, 0) is 43.2 Å². The molecule has 0 amide bonds. The molecule has 1 saturated carbocycles. The molecule has 1 saturated heterocycles. The van der Waals surface area contributed by atoms with Crippen molar-refractivity contribution in [1.29, 1.82) is 0 Å². The predicted molar refractivity (Wildman–Crippen MR) is 83.2 cm³/mol. The molecule has 4 nitrogen and oxygen atoms in total. The number of sulfonamides is 1. The molecular formula is C16H24N2O2S. The van der Waals surface area contributed by atoms with Crippen LogP contribution in [0.15, 0.2) is 29.2 Å². The lowest BCUT2D eigenvalue weighted by molar-refractivity contribution is 0.288. The molecule has 1 unspecified atom stereocenters. The van der Waals surface area contributed by atoms with E-state index >= 15 is 0 Å². The van der Waals surface area contributed by atoms with E-state index in [9.17, 15) is 8.42 Å². The summed E-state index contributed by atoms with van der Waals surface area (Å²) in [7, 11) is -3.41. The molecule has 1 aromatic rings. The van der Waals surface area contributed by atoms with Crippen LogP contribution in [0.3, 0.4) is 0 Å². The third-order valence-electron chi connectivity index (χ3n) is 4.97. The average molecular weight is 308 g/mol. The smallest absolute Gasteiger partial charge is 0.243 e. The first-order valence-electron chi connectivity index (χ1n) is 7.94. The topological polar surface area (TPSA) is 63.4 Å². The van der Waals surface area contributed by atoms with Crippen LogP contribution in [0.4, 0.5) is 0 Å². The molecule has 2 N–H and O–H groups in total. The average Bonchev–Trinajstić information content (AvgIpc) is 3.17. The van der Waals surface area contributed by atoms with Gasteiger partial charge in [0.25, 0.3) is 0 Å². The van der Waals surface area contributed by atoms with Gasteiger partial charge in [-0.15, -0.1) is 0 Å². The number of hydrogen-bond donors (Lipinski definition) is 1. The lowest BCUT2D eigenvalue weighted by Gasteiger charge is -2.29. The molecule has 1 aliphatic heterocycles. The van der Waals surface area contributed by atoms with Crippen LogP contribution in [-0.4, -0.2) is 25.3 Å². The first-order chi connectivity index (χ1) is 10.1. The molecule has 1 aliphatic carbocycles. The summed E-state index contributed by atoms with van der Waals surface area (Å²) in [5.41, 5.74) is 6.44. The highest BCUT2D eigenvalue weighted by Crippen LogP contribution is 2.38. The quantitative estimate of drug-likeness (QED) is 0.929. The molecule has 5 heteroatoms. The van der Waals surface area contributed by atoms with E-state index in [-0.39, 0.29) is 12.6 Å². The van der Waals surface area contributed by atoms with E-state index in [1.165, 1.54) is 25.7 Å². The Morgan fingerprint density at radius 1 is 1.10 bits per heavy atom. The van der Waals surface area contributed by atoms with Gasteiger partial charge in [-0.1, -0.05) is 31.0 Å². The highest BCUT2D eigenvalue weighted by atomic mass is 32.2. The Morgan fingerprint density at radius 3 is 2.52 bits per heavy atom. The molecule has 3 rings (SSSR count). The SMILES string of the molecule is NCc1ccccc1S(=O)(=O)N1CCCC1C1CCCC1. The second kappa shape index (κ2) is 6.07. The van der Waals surface area contributed by atoms with Crippen LogP contribution >= 0.6 is 0 Å². The normalized spacial score (nSPS) is 24.7. The predicted octanol–water partition coefficient (Wildman–Crippen LogP) is 2.49. The third-order valence-corrected chi connectivity index (χ3v) is 7.00. The Balaban J connectivity index is 1.93. The van der Waals surface area contributed by atoms with Crippen LogP contribution in [0.25, 0.3) is 0 Å². The van der Waals surface area contributed by atoms with Crippen LogP contribution in [0, 0.1) is 5.92 Å². The van der Waals surface area contributed by atoms with Crippen LogP contribution in [0.2, 0.25) is 0 Å². The summed E-state index contributed by atoms with van der Waals surface area (Å²) in [6.07, 6.45) is 6.83. The summed E-state index contributed by atoms with van der Waals surface area (Å²) in [6.45, 7) is 0.916. The van der Waals surface area contributed by atoms with Crippen LogP contribution in [-0.2, 0) is 16.6 Å². The summed E-state index contributed by atoms with van der Waals surface area (Å²) in [5, 5.41) is 0. The van der Waals surface area contributed by atoms with Gasteiger partial charge in [0.2, 0.25) is 10.0 Å². The molecular weight excluding hydrogens is 284 g/mol. The summed E-state index contributed by atoms with van der Waals surface area (Å²) in [4.78, 5) is 0.400. The Hall–Kier alpha value is -0.910. The Morgan fingerprint density at radius 2 is 1.81 bits per heavy atom. The van der Waals surface area contributed by atoms with Crippen molar-refractivity contribution in [1.82, 2.24) is 4.31 Å². The van der Waals surface area contributed by atoms with Gasteiger partial charge in [-0.3, -0.25) is 0 Å². The van der Waals surface area contributed by atoms with Gasteiger partial charge in [-0.2, -0.15) is 4.31 Å². The third kappa shape index (κ3) is 2.74. The van der Waals surface area contributed by atoms with Gasteiger partial charge >= 0.3 is 0 Å². The second-order valence-electron chi connectivity index (χ2n) is 6.18. The molecule has 1 atom stereocenters. The molecule has 0 bridgehead atoms. The van der Waals surface area contributed by atoms with E-state index in [1.807, 2.05) is 12.1 Å². The van der Waals surface area contributed by atoms with E-state index in [0.29, 0.717) is 17.4 Å². The van der Waals surface area contributed by atoms with Crippen LogP contribution in [0.5, 0.6) is 0 Å². The monoisotopic (exact) mass is 308 g/mol. The number of rotatable bonds is 4. The second-order valence-corrected chi connectivity index (χ2v) is 8.04. The zero-order valence-corrected chi connectivity index (χ0v) is 13.2. The van der Waals surface area contributed by atoms with E-state index in [1.54, 1.807) is 16.4 Å². The number of nitrogens with two attached hydrogens (primary N) is 1. The lowest BCUT2D eigenvalue weighted by atomic mass is 9.97. The Labute approximate surface area is 127 Å². The fourth-order valence-corrected chi connectivity index (χ4v) is 5.92. The zero-order valence-electron chi connectivity index (χ0n) is 12.4. The largest absolute Gasteiger partial charge is 0.326 e. The summed E-state index contributed by atoms with van der Waals surface area (Å²) >= 11 is 0. The van der Waals surface area contributed by atoms with Gasteiger partial charge in [0, 0.05) is 19.1 Å². The van der Waals surface area contributed by atoms with Crippen LogP contribution < -0.4 is 5.73 Å². The fourth-order valence-electron chi connectivity index (χ4n) is 3.93. The molecule has 2 fully saturated rings. The van der Waals surface area contributed by atoms with Crippen molar-refractivity contribution in [2.75, 3.05) is 6.54 Å². The van der Waals surface area contributed by atoms with Crippen molar-refractivity contribution in [3.8, 4) is 0 Å². The Bertz CT molecular complexity index is 594. The molecule has 1 heterocycles. The molecule has 116 valence electrons. The molecule has 0 radical (unpaired) electrons. The van der Waals surface area contributed by atoms with Gasteiger partial charge < -0.3 is 5.73 Å². The highest BCUT2D eigenvalue weighted by molar-refractivity contribution is 7.89. The minimum absolute atomic E-state index is 0.198. The van der Waals surface area contributed by atoms with Crippen LogP contribution in [0.1, 0.15) is 44.1 Å².